The van der Waals surface area contributed by atoms with E-state index in [9.17, 15) is 15.0 Å². The number of nitrogens with zero attached hydrogens (tertiary/aromatic N) is 1. The van der Waals surface area contributed by atoms with Gasteiger partial charge in [-0.25, -0.2) is 0 Å². The van der Waals surface area contributed by atoms with E-state index in [4.69, 9.17) is 9.47 Å². The van der Waals surface area contributed by atoms with Crippen molar-refractivity contribution in [1.82, 2.24) is 4.57 Å². The lowest BCUT2D eigenvalue weighted by molar-refractivity contribution is 0.0176. The van der Waals surface area contributed by atoms with E-state index in [1.165, 1.54) is 6.07 Å². The molecular formula is C19H17NO5. The van der Waals surface area contributed by atoms with Crippen molar-refractivity contribution in [3.63, 3.8) is 0 Å². The van der Waals surface area contributed by atoms with Crippen LogP contribution in [0.15, 0.2) is 35.1 Å². The Labute approximate surface area is 142 Å². The molecule has 3 aromatic rings. The van der Waals surface area contributed by atoms with Gasteiger partial charge >= 0.3 is 0 Å². The van der Waals surface area contributed by atoms with Crippen LogP contribution in [0.25, 0.3) is 21.8 Å². The quantitative estimate of drug-likeness (QED) is 0.523. The third-order valence-corrected chi connectivity index (χ3v) is 5.39. The Morgan fingerprint density at radius 1 is 1.32 bits per heavy atom. The largest absolute Gasteiger partial charge is 0.507 e. The predicted molar refractivity (Wildman–Crippen MR) is 92.1 cm³/mol. The Bertz CT molecular complexity index is 1110. The molecule has 2 N–H and O–H groups in total. The first-order chi connectivity index (χ1) is 11.9. The van der Waals surface area contributed by atoms with Crippen LogP contribution in [0.3, 0.4) is 0 Å². The van der Waals surface area contributed by atoms with Gasteiger partial charge in [0, 0.05) is 18.5 Å². The number of aromatic hydroxyl groups is 1. The summed E-state index contributed by atoms with van der Waals surface area (Å²) in [6.07, 6.45) is -1.49. The number of pyridine rings is 1. The number of aromatic nitrogens is 1. The van der Waals surface area contributed by atoms with E-state index in [-0.39, 0.29) is 16.6 Å². The number of para-hydroxylation sites is 1. The van der Waals surface area contributed by atoms with E-state index in [1.54, 1.807) is 12.1 Å². The molecule has 0 radical (unpaired) electrons. The van der Waals surface area contributed by atoms with Gasteiger partial charge in [-0.2, -0.15) is 0 Å². The van der Waals surface area contributed by atoms with Crippen molar-refractivity contribution in [2.75, 3.05) is 6.61 Å². The van der Waals surface area contributed by atoms with E-state index in [1.807, 2.05) is 30.7 Å². The van der Waals surface area contributed by atoms with Crippen LogP contribution >= 0.6 is 0 Å². The number of phenolic OH excluding ortho intramolecular Hbond substituents is 1. The fourth-order valence-corrected chi connectivity index (χ4v) is 3.90. The molecule has 2 aliphatic rings. The van der Waals surface area contributed by atoms with Gasteiger partial charge in [-0.05, 0) is 19.1 Å². The Hall–Kier alpha value is -2.57. The van der Waals surface area contributed by atoms with Crippen molar-refractivity contribution in [3.05, 3.63) is 46.1 Å². The minimum atomic E-state index is -0.933. The maximum atomic E-state index is 12.9. The standard InChI is InChI=1S/C19H17NO5/c1-19(8-24-19)18-17(23)14-12(25-18)7-11(21)13-15(14)20(2)10-6-4-3-5-9(10)16(13)22/h3-7,17-18,21,23H,8H2,1-2H3. The van der Waals surface area contributed by atoms with Gasteiger partial charge in [-0.15, -0.1) is 0 Å². The topological polar surface area (TPSA) is 84.2 Å². The van der Waals surface area contributed by atoms with Crippen molar-refractivity contribution < 1.29 is 19.7 Å². The second-order valence-corrected chi connectivity index (χ2v) is 7.02. The van der Waals surface area contributed by atoms with Gasteiger partial charge in [0.2, 0.25) is 5.43 Å². The number of fused-ring (bicyclic) bond motifs is 4. The van der Waals surface area contributed by atoms with E-state index in [0.29, 0.717) is 28.8 Å². The van der Waals surface area contributed by atoms with Gasteiger partial charge < -0.3 is 24.3 Å². The molecule has 0 bridgehead atoms. The van der Waals surface area contributed by atoms with Gasteiger partial charge in [0.1, 0.15) is 23.2 Å². The molecule has 1 fully saturated rings. The number of aliphatic hydroxyl groups excluding tert-OH is 1. The molecule has 6 heteroatoms. The third-order valence-electron chi connectivity index (χ3n) is 5.39. The molecule has 3 heterocycles. The smallest absolute Gasteiger partial charge is 0.200 e. The first kappa shape index (κ1) is 14.7. The molecule has 3 unspecified atom stereocenters. The molecule has 5 rings (SSSR count). The summed E-state index contributed by atoms with van der Waals surface area (Å²) in [5, 5.41) is 22.1. The van der Waals surface area contributed by atoms with Gasteiger partial charge in [0.05, 0.1) is 28.6 Å². The zero-order chi connectivity index (χ0) is 17.5. The Balaban J connectivity index is 1.92. The highest BCUT2D eigenvalue weighted by Gasteiger charge is 2.56. The minimum absolute atomic E-state index is 0.144. The van der Waals surface area contributed by atoms with Crippen LogP contribution in [-0.4, -0.2) is 33.1 Å². The number of aryl methyl sites for hydroxylation is 1. The molecule has 1 saturated heterocycles. The zero-order valence-electron chi connectivity index (χ0n) is 13.8. The summed E-state index contributed by atoms with van der Waals surface area (Å²) < 4.78 is 13.2. The number of hydrogen-bond donors (Lipinski definition) is 2. The molecule has 2 aliphatic heterocycles. The van der Waals surface area contributed by atoms with E-state index >= 15 is 0 Å². The predicted octanol–water partition coefficient (Wildman–Crippen LogP) is 1.98. The lowest BCUT2D eigenvalue weighted by Gasteiger charge is -2.19. The first-order valence-corrected chi connectivity index (χ1v) is 8.18. The van der Waals surface area contributed by atoms with Gasteiger partial charge in [-0.3, -0.25) is 4.79 Å². The average Bonchev–Trinajstić information content (AvgIpc) is 3.26. The monoisotopic (exact) mass is 339 g/mol. The number of rotatable bonds is 1. The highest BCUT2D eigenvalue weighted by molar-refractivity contribution is 5.99. The molecular weight excluding hydrogens is 322 g/mol. The van der Waals surface area contributed by atoms with E-state index in [0.717, 1.165) is 5.52 Å². The van der Waals surface area contributed by atoms with Crippen LogP contribution in [0.2, 0.25) is 0 Å². The first-order valence-electron chi connectivity index (χ1n) is 8.18. The van der Waals surface area contributed by atoms with Crippen molar-refractivity contribution in [3.8, 4) is 11.5 Å². The van der Waals surface area contributed by atoms with Crippen molar-refractivity contribution >= 4 is 21.8 Å². The SMILES string of the molecule is Cn1c2ccccc2c(=O)c2c(O)cc3c(c21)C(O)C(C1(C)CO1)O3. The molecule has 6 nitrogen and oxygen atoms in total. The van der Waals surface area contributed by atoms with Crippen LogP contribution in [0, 0.1) is 0 Å². The van der Waals surface area contributed by atoms with Crippen LogP contribution < -0.4 is 10.2 Å². The summed E-state index contributed by atoms with van der Waals surface area (Å²) in [5.74, 6) is 0.249. The fourth-order valence-electron chi connectivity index (χ4n) is 3.90. The number of phenols is 1. The maximum Gasteiger partial charge on any atom is 0.200 e. The Morgan fingerprint density at radius 2 is 2.04 bits per heavy atom. The summed E-state index contributed by atoms with van der Waals surface area (Å²) >= 11 is 0. The lowest BCUT2D eigenvalue weighted by Crippen LogP contribution is -2.34. The average molecular weight is 339 g/mol. The molecule has 128 valence electrons. The zero-order valence-corrected chi connectivity index (χ0v) is 13.8. The maximum absolute atomic E-state index is 12.9. The molecule has 0 amide bonds. The van der Waals surface area contributed by atoms with Crippen molar-refractivity contribution in [2.24, 2.45) is 7.05 Å². The van der Waals surface area contributed by atoms with Crippen molar-refractivity contribution in [2.45, 2.75) is 24.7 Å². The van der Waals surface area contributed by atoms with Crippen LogP contribution in [0.5, 0.6) is 11.5 Å². The second-order valence-electron chi connectivity index (χ2n) is 7.02. The Morgan fingerprint density at radius 3 is 2.76 bits per heavy atom. The van der Waals surface area contributed by atoms with Gasteiger partial charge in [0.25, 0.3) is 0 Å². The highest BCUT2D eigenvalue weighted by atomic mass is 16.6. The van der Waals surface area contributed by atoms with Gasteiger partial charge in [0.15, 0.2) is 6.10 Å². The number of ether oxygens (including phenoxy) is 2. The minimum Gasteiger partial charge on any atom is -0.507 e. The van der Waals surface area contributed by atoms with Crippen molar-refractivity contribution in [1.29, 1.82) is 0 Å². The summed E-state index contributed by atoms with van der Waals surface area (Å²) in [5.41, 5.74) is 0.958. The van der Waals surface area contributed by atoms with Gasteiger partial charge in [-0.1, -0.05) is 12.1 Å². The number of epoxide rings is 1. The summed E-state index contributed by atoms with van der Waals surface area (Å²) in [6, 6.07) is 8.64. The number of hydrogen-bond acceptors (Lipinski definition) is 5. The van der Waals surface area contributed by atoms with E-state index < -0.39 is 17.8 Å². The van der Waals surface area contributed by atoms with Crippen LogP contribution in [0.4, 0.5) is 0 Å². The van der Waals surface area contributed by atoms with Crippen LogP contribution in [0.1, 0.15) is 18.6 Å². The Kier molecular flexibility index (Phi) is 2.67. The molecule has 2 aromatic carbocycles. The molecule has 25 heavy (non-hydrogen) atoms. The number of aliphatic hydroxyl groups is 1. The normalized spacial score (nSPS) is 27.5. The van der Waals surface area contributed by atoms with Crippen LogP contribution in [-0.2, 0) is 11.8 Å². The molecule has 0 aliphatic carbocycles. The molecule has 1 aromatic heterocycles. The molecule has 0 spiro atoms. The highest BCUT2D eigenvalue weighted by Crippen LogP contribution is 2.50. The molecule has 0 saturated carbocycles. The summed E-state index contributed by atoms with van der Waals surface area (Å²) in [7, 11) is 1.82. The summed E-state index contributed by atoms with van der Waals surface area (Å²) in [6.45, 7) is 2.39. The summed E-state index contributed by atoms with van der Waals surface area (Å²) in [4.78, 5) is 12.9. The number of benzene rings is 2. The second kappa shape index (κ2) is 4.53. The lowest BCUT2D eigenvalue weighted by atomic mass is 9.95. The third kappa shape index (κ3) is 1.78. The fraction of sp³-hybridized carbons (Fsp3) is 0.316. The molecule has 3 atom stereocenters. The van der Waals surface area contributed by atoms with E-state index in [2.05, 4.69) is 0 Å².